The van der Waals surface area contributed by atoms with Crippen LogP contribution >= 0.6 is 15.9 Å². The first kappa shape index (κ1) is 18.9. The van der Waals surface area contributed by atoms with E-state index in [2.05, 4.69) is 26.6 Å². The second kappa shape index (κ2) is 8.47. The molecule has 0 saturated carbocycles. The van der Waals surface area contributed by atoms with Gasteiger partial charge in [-0.1, -0.05) is 28.1 Å². The summed E-state index contributed by atoms with van der Waals surface area (Å²) in [4.78, 5) is 34.5. The van der Waals surface area contributed by atoms with Crippen LogP contribution in [0.15, 0.2) is 34.8 Å². The zero-order valence-electron chi connectivity index (χ0n) is 13.2. The average Bonchev–Trinajstić information content (AvgIpc) is 2.40. The van der Waals surface area contributed by atoms with Crippen LogP contribution in [0.2, 0.25) is 0 Å². The van der Waals surface area contributed by atoms with E-state index in [1.165, 1.54) is 6.08 Å². The summed E-state index contributed by atoms with van der Waals surface area (Å²) in [6.45, 7) is 4.82. The van der Waals surface area contributed by atoms with Crippen LogP contribution in [-0.4, -0.2) is 30.1 Å². The first-order valence-corrected chi connectivity index (χ1v) is 7.67. The number of hydrogen-bond donors (Lipinski definition) is 2. The van der Waals surface area contributed by atoms with Crippen LogP contribution in [0.4, 0.5) is 4.79 Å². The lowest BCUT2D eigenvalue weighted by molar-refractivity contribution is -0.143. The van der Waals surface area contributed by atoms with Crippen LogP contribution in [0.25, 0.3) is 6.08 Å². The highest BCUT2D eigenvalue weighted by molar-refractivity contribution is 9.10. The topological polar surface area (TPSA) is 84.5 Å². The van der Waals surface area contributed by atoms with Gasteiger partial charge in [-0.25, -0.2) is 9.59 Å². The van der Waals surface area contributed by atoms with Crippen molar-refractivity contribution in [1.82, 2.24) is 10.6 Å². The molecule has 0 radical (unpaired) electrons. The van der Waals surface area contributed by atoms with Crippen molar-refractivity contribution >= 4 is 39.9 Å². The standard InChI is InChI=1S/C16H19BrN2O4/c1-16(2,3)19-15(22)18-13(20)10-23-14(21)8-7-11-5-4-6-12(17)9-11/h4-9H,10H2,1-3H3,(H2,18,19,20,22)/b8-7+. The summed E-state index contributed by atoms with van der Waals surface area (Å²) in [5.74, 6) is -1.37. The number of amides is 3. The first-order chi connectivity index (χ1) is 10.7. The van der Waals surface area contributed by atoms with E-state index in [-0.39, 0.29) is 0 Å². The molecule has 0 aliphatic carbocycles. The molecular weight excluding hydrogens is 364 g/mol. The number of nitrogens with one attached hydrogen (secondary N) is 2. The predicted octanol–water partition coefficient (Wildman–Crippen LogP) is 2.63. The van der Waals surface area contributed by atoms with Crippen molar-refractivity contribution in [3.63, 3.8) is 0 Å². The van der Waals surface area contributed by atoms with Crippen molar-refractivity contribution in [2.75, 3.05) is 6.61 Å². The number of benzene rings is 1. The number of ether oxygens (including phenoxy) is 1. The zero-order valence-corrected chi connectivity index (χ0v) is 14.8. The van der Waals surface area contributed by atoms with Gasteiger partial charge in [-0.05, 0) is 44.5 Å². The largest absolute Gasteiger partial charge is 0.452 e. The molecule has 1 aromatic rings. The van der Waals surface area contributed by atoms with Crippen LogP contribution in [-0.2, 0) is 14.3 Å². The highest BCUT2D eigenvalue weighted by Crippen LogP contribution is 2.12. The van der Waals surface area contributed by atoms with E-state index in [1.54, 1.807) is 26.8 Å². The van der Waals surface area contributed by atoms with Crippen molar-refractivity contribution < 1.29 is 19.1 Å². The van der Waals surface area contributed by atoms with Crippen LogP contribution < -0.4 is 10.6 Å². The van der Waals surface area contributed by atoms with Gasteiger partial charge in [-0.15, -0.1) is 0 Å². The van der Waals surface area contributed by atoms with Crippen molar-refractivity contribution in [3.05, 3.63) is 40.4 Å². The molecule has 23 heavy (non-hydrogen) atoms. The van der Waals surface area contributed by atoms with Crippen LogP contribution in [0.3, 0.4) is 0 Å². The lowest BCUT2D eigenvalue weighted by Crippen LogP contribution is -2.49. The van der Waals surface area contributed by atoms with Gasteiger partial charge in [-0.2, -0.15) is 0 Å². The summed E-state index contributed by atoms with van der Waals surface area (Å²) in [5.41, 5.74) is 0.346. The highest BCUT2D eigenvalue weighted by Gasteiger charge is 2.16. The molecule has 1 rings (SSSR count). The lowest BCUT2D eigenvalue weighted by Gasteiger charge is -2.20. The molecule has 124 valence electrons. The van der Waals surface area contributed by atoms with Crippen LogP contribution in [0.1, 0.15) is 26.3 Å². The number of esters is 1. The Bertz CT molecular complexity index is 621. The molecule has 0 aromatic heterocycles. The van der Waals surface area contributed by atoms with Gasteiger partial charge >= 0.3 is 12.0 Å². The Morgan fingerprint density at radius 2 is 1.96 bits per heavy atom. The van der Waals surface area contributed by atoms with Crippen molar-refractivity contribution in [2.45, 2.75) is 26.3 Å². The van der Waals surface area contributed by atoms with Crippen molar-refractivity contribution in [3.8, 4) is 0 Å². The SMILES string of the molecule is CC(C)(C)NC(=O)NC(=O)COC(=O)/C=C/c1cccc(Br)c1. The molecule has 0 heterocycles. The monoisotopic (exact) mass is 382 g/mol. The van der Waals surface area contributed by atoms with E-state index >= 15 is 0 Å². The number of urea groups is 1. The molecule has 0 aliphatic heterocycles. The Morgan fingerprint density at radius 1 is 1.26 bits per heavy atom. The Kier molecular flexibility index (Phi) is 6.96. The lowest BCUT2D eigenvalue weighted by atomic mass is 10.1. The third kappa shape index (κ3) is 8.77. The second-order valence-electron chi connectivity index (χ2n) is 5.75. The summed E-state index contributed by atoms with van der Waals surface area (Å²) in [6.07, 6.45) is 2.78. The summed E-state index contributed by atoms with van der Waals surface area (Å²) >= 11 is 3.32. The fraction of sp³-hybridized carbons (Fsp3) is 0.312. The van der Waals surface area contributed by atoms with Crippen LogP contribution in [0.5, 0.6) is 0 Å². The van der Waals surface area contributed by atoms with Gasteiger partial charge in [0.25, 0.3) is 5.91 Å². The fourth-order valence-electron chi connectivity index (χ4n) is 1.49. The van der Waals surface area contributed by atoms with Crippen LogP contribution in [0, 0.1) is 0 Å². The zero-order chi connectivity index (χ0) is 17.5. The molecule has 0 bridgehead atoms. The summed E-state index contributed by atoms with van der Waals surface area (Å²) in [7, 11) is 0. The molecule has 0 unspecified atom stereocenters. The minimum absolute atomic E-state index is 0.465. The maximum absolute atomic E-state index is 11.5. The fourth-order valence-corrected chi connectivity index (χ4v) is 1.91. The molecule has 2 N–H and O–H groups in total. The first-order valence-electron chi connectivity index (χ1n) is 6.88. The number of carbonyl (C=O) groups is 3. The van der Waals surface area contributed by atoms with Gasteiger partial charge in [-0.3, -0.25) is 10.1 Å². The Labute approximate surface area is 143 Å². The number of hydrogen-bond acceptors (Lipinski definition) is 4. The Hall–Kier alpha value is -2.15. The van der Waals surface area contributed by atoms with E-state index in [9.17, 15) is 14.4 Å². The minimum atomic E-state index is -0.698. The van der Waals surface area contributed by atoms with Gasteiger partial charge in [0, 0.05) is 16.1 Å². The van der Waals surface area contributed by atoms with Gasteiger partial charge in [0.1, 0.15) is 0 Å². The molecule has 1 aromatic carbocycles. The average molecular weight is 383 g/mol. The maximum atomic E-state index is 11.5. The van der Waals surface area contributed by atoms with E-state index in [0.29, 0.717) is 0 Å². The molecular formula is C16H19BrN2O4. The third-order valence-electron chi connectivity index (χ3n) is 2.35. The van der Waals surface area contributed by atoms with E-state index in [1.807, 2.05) is 24.3 Å². The molecule has 3 amide bonds. The van der Waals surface area contributed by atoms with Gasteiger partial charge in [0.2, 0.25) is 0 Å². The maximum Gasteiger partial charge on any atom is 0.331 e. The molecule has 0 fully saturated rings. The summed E-state index contributed by atoms with van der Waals surface area (Å²) < 4.78 is 5.64. The molecule has 7 heteroatoms. The molecule has 6 nitrogen and oxygen atoms in total. The number of carbonyl (C=O) groups excluding carboxylic acids is 3. The summed E-state index contributed by atoms with van der Waals surface area (Å²) in [6, 6.07) is 6.70. The predicted molar refractivity (Wildman–Crippen MR) is 90.6 cm³/mol. The van der Waals surface area contributed by atoms with Gasteiger partial charge in [0.05, 0.1) is 0 Å². The van der Waals surface area contributed by atoms with E-state index in [0.717, 1.165) is 10.0 Å². The smallest absolute Gasteiger partial charge is 0.331 e. The molecule has 0 saturated heterocycles. The Morgan fingerprint density at radius 3 is 2.57 bits per heavy atom. The second-order valence-corrected chi connectivity index (χ2v) is 6.66. The van der Waals surface area contributed by atoms with E-state index < -0.39 is 30.1 Å². The molecule has 0 atom stereocenters. The van der Waals surface area contributed by atoms with E-state index in [4.69, 9.17) is 4.74 Å². The normalized spacial score (nSPS) is 11.1. The Balaban J connectivity index is 2.38. The number of rotatable bonds is 4. The highest BCUT2D eigenvalue weighted by atomic mass is 79.9. The molecule has 0 aliphatic rings. The quantitative estimate of drug-likeness (QED) is 0.619. The van der Waals surface area contributed by atoms with Gasteiger partial charge < -0.3 is 10.1 Å². The third-order valence-corrected chi connectivity index (χ3v) is 2.84. The van der Waals surface area contributed by atoms with Crippen molar-refractivity contribution in [2.24, 2.45) is 0 Å². The van der Waals surface area contributed by atoms with Gasteiger partial charge in [0.15, 0.2) is 6.61 Å². The minimum Gasteiger partial charge on any atom is -0.452 e. The molecule has 0 spiro atoms. The van der Waals surface area contributed by atoms with Crippen molar-refractivity contribution in [1.29, 1.82) is 0 Å². The number of imide groups is 1. The number of halogens is 1. The summed E-state index contributed by atoms with van der Waals surface area (Å²) in [5, 5.41) is 4.64.